The van der Waals surface area contributed by atoms with Crippen molar-refractivity contribution < 1.29 is 18.7 Å². The van der Waals surface area contributed by atoms with Gasteiger partial charge in [-0.15, -0.1) is 10.2 Å². The number of furan rings is 1. The number of hydrogen-bond donors (Lipinski definition) is 2. The molecule has 2 aromatic heterocycles. The second-order valence-corrected chi connectivity index (χ2v) is 4.89. The molecule has 114 valence electrons. The molecule has 0 amide bonds. The molecular weight excluding hydrogens is 274 g/mol. The Bertz CT molecular complexity index is 618. The van der Waals surface area contributed by atoms with Gasteiger partial charge in [-0.2, -0.15) is 0 Å². The Morgan fingerprint density at radius 3 is 2.71 bits per heavy atom. The van der Waals surface area contributed by atoms with Crippen LogP contribution >= 0.6 is 0 Å². The number of nitrogens with one attached hydrogen (secondary N) is 1. The van der Waals surface area contributed by atoms with Crippen molar-refractivity contribution in [2.75, 3.05) is 0 Å². The van der Waals surface area contributed by atoms with Crippen LogP contribution in [0.25, 0.3) is 11.5 Å². The van der Waals surface area contributed by atoms with Crippen molar-refractivity contribution in [2.24, 2.45) is 0 Å². The first-order chi connectivity index (χ1) is 10.0. The maximum Gasteiger partial charge on any atom is 0.320 e. The molecular formula is C14H19N3O4. The van der Waals surface area contributed by atoms with Crippen molar-refractivity contribution in [2.45, 2.75) is 46.2 Å². The Hall–Kier alpha value is -2.15. The fourth-order valence-electron chi connectivity index (χ4n) is 2.09. The summed E-state index contributed by atoms with van der Waals surface area (Å²) < 4.78 is 11.0. The third kappa shape index (κ3) is 3.69. The Morgan fingerprint density at radius 2 is 2.14 bits per heavy atom. The van der Waals surface area contributed by atoms with Crippen LogP contribution in [0.3, 0.4) is 0 Å². The summed E-state index contributed by atoms with van der Waals surface area (Å²) in [5.41, 5.74) is 0.759. The zero-order chi connectivity index (χ0) is 15.4. The highest BCUT2D eigenvalue weighted by atomic mass is 16.4. The van der Waals surface area contributed by atoms with Crippen LogP contribution in [0.2, 0.25) is 0 Å². The molecule has 0 aliphatic carbocycles. The molecule has 1 unspecified atom stereocenters. The molecule has 21 heavy (non-hydrogen) atoms. The van der Waals surface area contributed by atoms with Gasteiger partial charge in [-0.3, -0.25) is 10.1 Å². The first-order valence-electron chi connectivity index (χ1n) is 6.87. The van der Waals surface area contributed by atoms with Gasteiger partial charge in [-0.05, 0) is 26.3 Å². The SMILES string of the molecule is CCCC(NCc1nnc(-c2cc(C)oc2C)o1)C(=O)O. The molecule has 2 aromatic rings. The molecule has 0 aliphatic heterocycles. The van der Waals surface area contributed by atoms with E-state index in [1.165, 1.54) is 0 Å². The maximum absolute atomic E-state index is 11.0. The highest BCUT2D eigenvalue weighted by molar-refractivity contribution is 5.73. The minimum Gasteiger partial charge on any atom is -0.480 e. The van der Waals surface area contributed by atoms with Gasteiger partial charge in [0.2, 0.25) is 5.89 Å². The molecule has 7 nitrogen and oxygen atoms in total. The number of aromatic nitrogens is 2. The first-order valence-corrected chi connectivity index (χ1v) is 6.87. The number of nitrogens with zero attached hydrogens (tertiary/aromatic N) is 2. The van der Waals surface area contributed by atoms with Gasteiger partial charge >= 0.3 is 5.97 Å². The lowest BCUT2D eigenvalue weighted by Crippen LogP contribution is -2.36. The first kappa shape index (κ1) is 15.2. The lowest BCUT2D eigenvalue weighted by atomic mass is 10.2. The molecule has 0 spiro atoms. The van der Waals surface area contributed by atoms with E-state index in [2.05, 4.69) is 15.5 Å². The van der Waals surface area contributed by atoms with E-state index in [4.69, 9.17) is 13.9 Å². The predicted octanol–water partition coefficient (Wildman–Crippen LogP) is 2.29. The largest absolute Gasteiger partial charge is 0.480 e. The van der Waals surface area contributed by atoms with Crippen LogP contribution in [-0.4, -0.2) is 27.3 Å². The normalized spacial score (nSPS) is 12.5. The van der Waals surface area contributed by atoms with Crippen molar-refractivity contribution >= 4 is 5.97 Å². The van der Waals surface area contributed by atoms with E-state index in [9.17, 15) is 4.79 Å². The fraction of sp³-hybridized carbons (Fsp3) is 0.500. The summed E-state index contributed by atoms with van der Waals surface area (Å²) >= 11 is 0. The number of aryl methyl sites for hydroxylation is 2. The molecule has 2 heterocycles. The van der Waals surface area contributed by atoms with Crippen molar-refractivity contribution in [1.29, 1.82) is 0 Å². The lowest BCUT2D eigenvalue weighted by Gasteiger charge is -2.11. The summed E-state index contributed by atoms with van der Waals surface area (Å²) in [4.78, 5) is 11.0. The summed E-state index contributed by atoms with van der Waals surface area (Å²) in [5.74, 6) is 1.34. The molecule has 7 heteroatoms. The van der Waals surface area contributed by atoms with E-state index in [0.717, 1.165) is 17.7 Å². The van der Waals surface area contributed by atoms with Crippen LogP contribution in [0.5, 0.6) is 0 Å². The summed E-state index contributed by atoms with van der Waals surface area (Å²) in [6, 6.07) is 1.22. The van der Waals surface area contributed by atoms with Gasteiger partial charge in [0, 0.05) is 0 Å². The Balaban J connectivity index is 2.03. The second-order valence-electron chi connectivity index (χ2n) is 4.89. The van der Waals surface area contributed by atoms with Crippen LogP contribution < -0.4 is 5.32 Å². The van der Waals surface area contributed by atoms with Gasteiger partial charge in [0.1, 0.15) is 17.6 Å². The van der Waals surface area contributed by atoms with Gasteiger partial charge in [0.15, 0.2) is 0 Å². The van der Waals surface area contributed by atoms with Gasteiger partial charge in [0.25, 0.3) is 5.89 Å². The number of carbonyl (C=O) groups is 1. The van der Waals surface area contributed by atoms with Crippen molar-refractivity contribution in [3.8, 4) is 11.5 Å². The van der Waals surface area contributed by atoms with E-state index in [1.807, 2.05) is 26.8 Å². The molecule has 0 fully saturated rings. The maximum atomic E-state index is 11.0. The second kappa shape index (κ2) is 6.53. The quantitative estimate of drug-likeness (QED) is 0.807. The van der Waals surface area contributed by atoms with Gasteiger partial charge in [0.05, 0.1) is 12.1 Å². The Kier molecular flexibility index (Phi) is 4.74. The van der Waals surface area contributed by atoms with E-state index in [1.54, 1.807) is 0 Å². The lowest BCUT2D eigenvalue weighted by molar-refractivity contribution is -0.139. The van der Waals surface area contributed by atoms with E-state index in [0.29, 0.717) is 24.0 Å². The Morgan fingerprint density at radius 1 is 1.38 bits per heavy atom. The average molecular weight is 293 g/mol. The van der Waals surface area contributed by atoms with Crippen molar-refractivity contribution in [3.63, 3.8) is 0 Å². The molecule has 0 saturated carbocycles. The molecule has 1 atom stereocenters. The van der Waals surface area contributed by atoms with Crippen LogP contribution in [0.15, 0.2) is 14.9 Å². The topological polar surface area (TPSA) is 101 Å². The van der Waals surface area contributed by atoms with E-state index in [-0.39, 0.29) is 6.54 Å². The average Bonchev–Trinajstić information content (AvgIpc) is 3.00. The van der Waals surface area contributed by atoms with Gasteiger partial charge < -0.3 is 13.9 Å². The predicted molar refractivity (Wildman–Crippen MR) is 74.6 cm³/mol. The molecule has 0 aromatic carbocycles. The van der Waals surface area contributed by atoms with E-state index >= 15 is 0 Å². The highest BCUT2D eigenvalue weighted by Crippen LogP contribution is 2.25. The van der Waals surface area contributed by atoms with Crippen LogP contribution in [0.1, 0.15) is 37.2 Å². The third-order valence-electron chi connectivity index (χ3n) is 3.11. The molecule has 2 rings (SSSR count). The molecule has 0 bridgehead atoms. The summed E-state index contributed by atoms with van der Waals surface area (Å²) in [6.45, 7) is 5.83. The van der Waals surface area contributed by atoms with Crippen LogP contribution in [0, 0.1) is 13.8 Å². The van der Waals surface area contributed by atoms with Gasteiger partial charge in [-0.1, -0.05) is 13.3 Å². The monoisotopic (exact) mass is 293 g/mol. The fourth-order valence-corrected chi connectivity index (χ4v) is 2.09. The Labute approximate surface area is 122 Å². The van der Waals surface area contributed by atoms with Gasteiger partial charge in [-0.25, -0.2) is 0 Å². The van der Waals surface area contributed by atoms with Crippen LogP contribution in [0.4, 0.5) is 0 Å². The van der Waals surface area contributed by atoms with Crippen LogP contribution in [-0.2, 0) is 11.3 Å². The van der Waals surface area contributed by atoms with Crippen molar-refractivity contribution in [1.82, 2.24) is 15.5 Å². The van der Waals surface area contributed by atoms with E-state index < -0.39 is 12.0 Å². The summed E-state index contributed by atoms with van der Waals surface area (Å²) in [5, 5.41) is 19.9. The summed E-state index contributed by atoms with van der Waals surface area (Å²) in [7, 11) is 0. The smallest absolute Gasteiger partial charge is 0.320 e. The number of hydrogen-bond acceptors (Lipinski definition) is 6. The number of carboxylic acid groups (broad SMARTS) is 1. The zero-order valence-electron chi connectivity index (χ0n) is 12.3. The molecule has 2 N–H and O–H groups in total. The minimum absolute atomic E-state index is 0.222. The van der Waals surface area contributed by atoms with Crippen molar-refractivity contribution in [3.05, 3.63) is 23.5 Å². The molecule has 0 radical (unpaired) electrons. The standard InChI is InChI=1S/C14H19N3O4/c1-4-5-11(14(18)19)15-7-12-16-17-13(21-12)10-6-8(2)20-9(10)3/h6,11,15H,4-5,7H2,1-3H3,(H,18,19). The summed E-state index contributed by atoms with van der Waals surface area (Å²) in [6.07, 6.45) is 1.34. The number of aliphatic carboxylic acids is 1. The molecule has 0 saturated heterocycles. The molecule has 0 aliphatic rings. The minimum atomic E-state index is -0.877. The number of carboxylic acids is 1. The zero-order valence-corrected chi connectivity index (χ0v) is 12.3. The highest BCUT2D eigenvalue weighted by Gasteiger charge is 2.18. The third-order valence-corrected chi connectivity index (χ3v) is 3.11. The number of rotatable bonds is 7.